The van der Waals surface area contributed by atoms with Crippen LogP contribution in [0, 0.1) is 12.3 Å². The summed E-state index contributed by atoms with van der Waals surface area (Å²) in [6.07, 6.45) is 0.579. The highest BCUT2D eigenvalue weighted by molar-refractivity contribution is 7.09. The Labute approximate surface area is 102 Å². The second kappa shape index (κ2) is 5.75. The molecule has 1 aromatic rings. The second-order valence-electron chi connectivity index (χ2n) is 5.20. The van der Waals surface area contributed by atoms with Gasteiger partial charge in [-0.05, 0) is 25.7 Å². The molecule has 1 aromatic heterocycles. The number of rotatable bonds is 6. The van der Waals surface area contributed by atoms with E-state index in [2.05, 4.69) is 29.5 Å². The van der Waals surface area contributed by atoms with Crippen LogP contribution in [0.4, 0.5) is 0 Å². The van der Waals surface area contributed by atoms with Crippen LogP contribution in [0.15, 0.2) is 5.38 Å². The summed E-state index contributed by atoms with van der Waals surface area (Å²) < 4.78 is 0. The molecular formula is C12H22N2OS. The van der Waals surface area contributed by atoms with Crippen molar-refractivity contribution in [3.8, 4) is 0 Å². The highest BCUT2D eigenvalue weighted by atomic mass is 32.1. The molecule has 0 radical (unpaired) electrons. The zero-order valence-corrected chi connectivity index (χ0v) is 11.4. The van der Waals surface area contributed by atoms with Crippen molar-refractivity contribution in [3.63, 3.8) is 0 Å². The predicted molar refractivity (Wildman–Crippen MR) is 68.6 cm³/mol. The van der Waals surface area contributed by atoms with E-state index in [9.17, 15) is 5.11 Å². The maximum Gasteiger partial charge on any atom is 0.107 e. The minimum absolute atomic E-state index is 0.125. The minimum atomic E-state index is -0.237. The Hall–Kier alpha value is -0.450. The Morgan fingerprint density at radius 2 is 2.25 bits per heavy atom. The first-order chi connectivity index (χ1) is 7.39. The lowest BCUT2D eigenvalue weighted by Crippen LogP contribution is -2.31. The normalized spacial score (nSPS) is 14.1. The van der Waals surface area contributed by atoms with Crippen molar-refractivity contribution in [1.29, 1.82) is 0 Å². The number of hydrogen-bond donors (Lipinski definition) is 2. The molecule has 4 heteroatoms. The first-order valence-corrected chi connectivity index (χ1v) is 6.57. The van der Waals surface area contributed by atoms with Gasteiger partial charge in [0.25, 0.3) is 0 Å². The molecule has 0 saturated carbocycles. The van der Waals surface area contributed by atoms with Crippen molar-refractivity contribution in [2.24, 2.45) is 5.41 Å². The molecule has 92 valence electrons. The Bertz CT molecular complexity index is 321. The van der Waals surface area contributed by atoms with Gasteiger partial charge >= 0.3 is 0 Å². The van der Waals surface area contributed by atoms with E-state index in [0.29, 0.717) is 0 Å². The summed E-state index contributed by atoms with van der Waals surface area (Å²) in [7, 11) is 0. The summed E-state index contributed by atoms with van der Waals surface area (Å²) in [5.41, 5.74) is 1.21. The molecule has 1 atom stereocenters. The lowest BCUT2D eigenvalue weighted by molar-refractivity contribution is 0.128. The maximum atomic E-state index is 9.37. The van der Waals surface area contributed by atoms with Gasteiger partial charge in [-0.1, -0.05) is 13.8 Å². The molecule has 1 rings (SSSR count). The average molecular weight is 242 g/mol. The van der Waals surface area contributed by atoms with Crippen molar-refractivity contribution < 1.29 is 5.11 Å². The van der Waals surface area contributed by atoms with Crippen LogP contribution in [0.3, 0.4) is 0 Å². The molecule has 0 fully saturated rings. The molecule has 3 nitrogen and oxygen atoms in total. The van der Waals surface area contributed by atoms with Gasteiger partial charge in [0, 0.05) is 24.2 Å². The van der Waals surface area contributed by atoms with E-state index >= 15 is 0 Å². The Kier molecular flexibility index (Phi) is 4.89. The van der Waals surface area contributed by atoms with Gasteiger partial charge in [0.2, 0.25) is 0 Å². The Balaban J connectivity index is 2.29. The molecule has 0 aliphatic rings. The standard InChI is InChI=1S/C12H22N2OS/c1-9-7-16-11(14-9)6-13-8-12(3,4)5-10(2)15/h7,10,13,15H,5-6,8H2,1-4H3. The van der Waals surface area contributed by atoms with Crippen molar-refractivity contribution in [2.75, 3.05) is 6.54 Å². The monoisotopic (exact) mass is 242 g/mol. The topological polar surface area (TPSA) is 45.1 Å². The number of nitrogens with zero attached hydrogens (tertiary/aromatic N) is 1. The highest BCUT2D eigenvalue weighted by Gasteiger charge is 2.19. The predicted octanol–water partition coefficient (Wildman–Crippen LogP) is 2.34. The molecule has 0 aromatic carbocycles. The van der Waals surface area contributed by atoms with Gasteiger partial charge in [-0.25, -0.2) is 4.98 Å². The van der Waals surface area contributed by atoms with E-state index in [1.165, 1.54) is 0 Å². The van der Waals surface area contributed by atoms with Crippen LogP contribution < -0.4 is 5.32 Å². The molecular weight excluding hydrogens is 220 g/mol. The maximum absolute atomic E-state index is 9.37. The molecule has 16 heavy (non-hydrogen) atoms. The Morgan fingerprint density at radius 1 is 1.56 bits per heavy atom. The van der Waals surface area contributed by atoms with Gasteiger partial charge in [0.1, 0.15) is 5.01 Å². The molecule has 2 N–H and O–H groups in total. The summed E-state index contributed by atoms with van der Waals surface area (Å²) in [6.45, 7) is 9.90. The summed E-state index contributed by atoms with van der Waals surface area (Å²) in [6, 6.07) is 0. The minimum Gasteiger partial charge on any atom is -0.393 e. The van der Waals surface area contributed by atoms with Crippen LogP contribution in [-0.4, -0.2) is 22.7 Å². The van der Waals surface area contributed by atoms with Crippen molar-refractivity contribution in [3.05, 3.63) is 16.1 Å². The first kappa shape index (κ1) is 13.6. The zero-order valence-electron chi connectivity index (χ0n) is 10.6. The van der Waals surface area contributed by atoms with Crippen molar-refractivity contribution >= 4 is 11.3 Å². The van der Waals surface area contributed by atoms with Gasteiger partial charge in [0.15, 0.2) is 0 Å². The largest absolute Gasteiger partial charge is 0.393 e. The van der Waals surface area contributed by atoms with E-state index < -0.39 is 0 Å². The molecule has 0 saturated heterocycles. The van der Waals surface area contributed by atoms with E-state index in [1.807, 2.05) is 13.8 Å². The van der Waals surface area contributed by atoms with E-state index in [0.717, 1.165) is 30.2 Å². The number of aliphatic hydroxyl groups excluding tert-OH is 1. The molecule has 0 aliphatic carbocycles. The molecule has 0 spiro atoms. The Morgan fingerprint density at radius 3 is 2.75 bits per heavy atom. The summed E-state index contributed by atoms with van der Waals surface area (Å²) in [5, 5.41) is 16.0. The van der Waals surface area contributed by atoms with E-state index in [1.54, 1.807) is 11.3 Å². The van der Waals surface area contributed by atoms with Gasteiger partial charge in [-0.2, -0.15) is 0 Å². The third-order valence-corrected chi connectivity index (χ3v) is 3.36. The molecule has 0 amide bonds. The van der Waals surface area contributed by atoms with Crippen LogP contribution >= 0.6 is 11.3 Å². The third-order valence-electron chi connectivity index (χ3n) is 2.39. The number of nitrogens with one attached hydrogen (secondary N) is 1. The fourth-order valence-electron chi connectivity index (χ4n) is 1.86. The summed E-state index contributed by atoms with van der Waals surface area (Å²) >= 11 is 1.69. The highest BCUT2D eigenvalue weighted by Crippen LogP contribution is 2.21. The van der Waals surface area contributed by atoms with Crippen LogP contribution in [0.2, 0.25) is 0 Å². The van der Waals surface area contributed by atoms with Crippen LogP contribution in [0.5, 0.6) is 0 Å². The smallest absolute Gasteiger partial charge is 0.107 e. The van der Waals surface area contributed by atoms with Crippen LogP contribution in [0.25, 0.3) is 0 Å². The zero-order chi connectivity index (χ0) is 12.2. The van der Waals surface area contributed by atoms with E-state index in [-0.39, 0.29) is 11.5 Å². The second-order valence-corrected chi connectivity index (χ2v) is 6.15. The fraction of sp³-hybridized carbons (Fsp3) is 0.750. The van der Waals surface area contributed by atoms with Crippen LogP contribution in [-0.2, 0) is 6.54 Å². The number of aromatic nitrogens is 1. The fourth-order valence-corrected chi connectivity index (χ4v) is 2.60. The summed E-state index contributed by atoms with van der Waals surface area (Å²) in [4.78, 5) is 4.40. The molecule has 0 aliphatic heterocycles. The van der Waals surface area contributed by atoms with Crippen molar-refractivity contribution in [2.45, 2.75) is 46.8 Å². The lowest BCUT2D eigenvalue weighted by Gasteiger charge is -2.26. The van der Waals surface area contributed by atoms with Crippen molar-refractivity contribution in [1.82, 2.24) is 10.3 Å². The molecule has 1 heterocycles. The first-order valence-electron chi connectivity index (χ1n) is 5.69. The van der Waals surface area contributed by atoms with E-state index in [4.69, 9.17) is 0 Å². The number of aliphatic hydroxyl groups is 1. The molecule has 1 unspecified atom stereocenters. The quantitative estimate of drug-likeness (QED) is 0.805. The number of aryl methyl sites for hydroxylation is 1. The van der Waals surface area contributed by atoms with Gasteiger partial charge in [-0.15, -0.1) is 11.3 Å². The lowest BCUT2D eigenvalue weighted by atomic mass is 9.87. The number of thiazole rings is 1. The van der Waals surface area contributed by atoms with Crippen LogP contribution in [0.1, 0.15) is 37.9 Å². The summed E-state index contributed by atoms with van der Waals surface area (Å²) in [5.74, 6) is 0. The molecule has 0 bridgehead atoms. The van der Waals surface area contributed by atoms with Gasteiger partial charge in [-0.3, -0.25) is 0 Å². The third kappa shape index (κ3) is 5.05. The van der Waals surface area contributed by atoms with Gasteiger partial charge < -0.3 is 10.4 Å². The SMILES string of the molecule is Cc1csc(CNCC(C)(C)CC(C)O)n1. The average Bonchev–Trinajstić information content (AvgIpc) is 2.48. The van der Waals surface area contributed by atoms with Gasteiger partial charge in [0.05, 0.1) is 6.10 Å². The number of hydrogen-bond acceptors (Lipinski definition) is 4.